The van der Waals surface area contributed by atoms with Gasteiger partial charge in [-0.15, -0.1) is 0 Å². The minimum atomic E-state index is -1.76. The first kappa shape index (κ1) is 43.5. The maximum absolute atomic E-state index is 14.9. The topological polar surface area (TPSA) is 222 Å². The average molecular weight is 809 g/mol. The van der Waals surface area contributed by atoms with Crippen molar-refractivity contribution in [3.05, 3.63) is 11.6 Å². The normalized spacial score (nSPS) is 53.4. The van der Waals surface area contributed by atoms with Gasteiger partial charge in [-0.1, -0.05) is 47.1 Å². The second kappa shape index (κ2) is 14.8. The minimum Gasteiger partial charge on any atom is -0.469 e. The van der Waals surface area contributed by atoms with Crippen molar-refractivity contribution in [1.82, 2.24) is 0 Å². The van der Waals surface area contributed by atoms with Crippen LogP contribution in [-0.2, 0) is 33.3 Å². The van der Waals surface area contributed by atoms with Gasteiger partial charge >= 0.3 is 5.97 Å². The summed E-state index contributed by atoms with van der Waals surface area (Å²) in [5, 5.41) is 73.5. The predicted octanol–water partition coefficient (Wildman–Crippen LogP) is 2.15. The summed E-state index contributed by atoms with van der Waals surface area (Å²) in [6.45, 7) is 14.3. The van der Waals surface area contributed by atoms with Gasteiger partial charge in [0.25, 0.3) is 0 Å². The van der Waals surface area contributed by atoms with Gasteiger partial charge in [0.15, 0.2) is 18.4 Å². The average Bonchev–Trinajstić information content (AvgIpc) is 3.16. The second-order valence-electron chi connectivity index (χ2n) is 20.7. The van der Waals surface area contributed by atoms with E-state index < -0.39 is 91.6 Å². The molecule has 0 amide bonds. The number of ketones is 1. The van der Waals surface area contributed by atoms with Crippen LogP contribution in [0, 0.1) is 50.2 Å². The third-order valence-electron chi connectivity index (χ3n) is 17.5. The van der Waals surface area contributed by atoms with E-state index in [1.165, 1.54) is 12.7 Å². The van der Waals surface area contributed by atoms with Crippen molar-refractivity contribution in [2.45, 2.75) is 174 Å². The van der Waals surface area contributed by atoms with Crippen molar-refractivity contribution in [3.8, 4) is 0 Å². The number of carbonyl (C=O) groups is 2. The Labute approximate surface area is 336 Å². The Hall–Kier alpha value is -1.56. The summed E-state index contributed by atoms with van der Waals surface area (Å²) in [4.78, 5) is 27.9. The fraction of sp³-hybridized carbons (Fsp3) is 0.907. The van der Waals surface area contributed by atoms with Crippen LogP contribution in [-0.4, -0.2) is 135 Å². The van der Waals surface area contributed by atoms with E-state index >= 15 is 0 Å². The van der Waals surface area contributed by atoms with E-state index in [0.29, 0.717) is 19.3 Å². The monoisotopic (exact) mass is 808 g/mol. The molecule has 7 N–H and O–H groups in total. The van der Waals surface area contributed by atoms with Crippen molar-refractivity contribution in [1.29, 1.82) is 0 Å². The SMILES string of the molecule is COC(=O)[C@@]1(C)CC[C@]2(C)CC[C@]3(C)C(=CC(=O)[C@@H]4[C@@]5(C)CC[C@H](O[C@@H]6O[C@H](CO)[C@@H](O[C@@H]7O[C@H](CO)[C@H](O)[C@H](O)[C@H]7O)[C@H](O)[C@H]6O)C(C)(C)[C@@H]5CC[C@]43C)[C@@H]2C1. The Balaban J connectivity index is 1.10. The van der Waals surface area contributed by atoms with Gasteiger partial charge in [-0.2, -0.15) is 0 Å². The number of ether oxygens (including phenoxy) is 5. The molecule has 0 aromatic carbocycles. The first-order valence-electron chi connectivity index (χ1n) is 21.1. The summed E-state index contributed by atoms with van der Waals surface area (Å²) in [6, 6.07) is 0. The first-order chi connectivity index (χ1) is 26.6. The molecule has 7 rings (SSSR count). The number of aliphatic hydroxyl groups excluding tert-OH is 7. The van der Waals surface area contributed by atoms with Crippen LogP contribution in [0.15, 0.2) is 11.6 Å². The predicted molar refractivity (Wildman–Crippen MR) is 203 cm³/mol. The maximum atomic E-state index is 14.9. The molecule has 324 valence electrons. The molecule has 2 heterocycles. The van der Waals surface area contributed by atoms with Gasteiger partial charge in [-0.3, -0.25) is 9.59 Å². The lowest BCUT2D eigenvalue weighted by molar-refractivity contribution is -0.368. The molecule has 0 unspecified atom stereocenters. The third-order valence-corrected chi connectivity index (χ3v) is 17.5. The van der Waals surface area contributed by atoms with Crippen molar-refractivity contribution in [3.63, 3.8) is 0 Å². The zero-order valence-electron chi connectivity index (χ0n) is 34.9. The summed E-state index contributed by atoms with van der Waals surface area (Å²) in [5.41, 5.74) is -0.742. The van der Waals surface area contributed by atoms with Crippen LogP contribution in [0.4, 0.5) is 0 Å². The van der Waals surface area contributed by atoms with Crippen molar-refractivity contribution >= 4 is 11.8 Å². The Morgan fingerprint density at radius 2 is 1.37 bits per heavy atom. The number of hydrogen-bond acceptors (Lipinski definition) is 14. The molecule has 0 bridgehead atoms. The Bertz CT molecular complexity index is 1580. The largest absolute Gasteiger partial charge is 0.469 e. The van der Waals surface area contributed by atoms with Crippen LogP contribution < -0.4 is 0 Å². The molecule has 0 spiro atoms. The van der Waals surface area contributed by atoms with E-state index in [1.54, 1.807) is 0 Å². The molecule has 0 aromatic heterocycles. The van der Waals surface area contributed by atoms with E-state index in [1.807, 2.05) is 13.0 Å². The van der Waals surface area contributed by atoms with Crippen molar-refractivity contribution in [2.24, 2.45) is 50.2 Å². The highest BCUT2D eigenvalue weighted by atomic mass is 16.7. The molecular formula is C43H68O14. The van der Waals surface area contributed by atoms with Crippen LogP contribution in [0.3, 0.4) is 0 Å². The summed E-state index contributed by atoms with van der Waals surface area (Å²) in [7, 11) is 1.46. The number of fused-ring (bicyclic) bond motifs is 7. The minimum absolute atomic E-state index is 0.0152. The lowest BCUT2D eigenvalue weighted by Gasteiger charge is -2.70. The lowest BCUT2D eigenvalue weighted by atomic mass is 9.33. The highest BCUT2D eigenvalue weighted by Gasteiger charge is 2.71. The van der Waals surface area contributed by atoms with Gasteiger partial charge in [-0.05, 0) is 110 Å². The molecule has 6 fully saturated rings. The fourth-order valence-electron chi connectivity index (χ4n) is 13.7. The lowest BCUT2D eigenvalue weighted by Crippen LogP contribution is -2.67. The van der Waals surface area contributed by atoms with Gasteiger partial charge in [0.2, 0.25) is 0 Å². The van der Waals surface area contributed by atoms with E-state index in [-0.39, 0.29) is 51.2 Å². The Kier molecular flexibility index (Phi) is 11.3. The number of esters is 1. The van der Waals surface area contributed by atoms with Gasteiger partial charge < -0.3 is 59.4 Å². The molecular weight excluding hydrogens is 740 g/mol. The van der Waals surface area contributed by atoms with E-state index in [2.05, 4.69) is 41.5 Å². The molecule has 14 nitrogen and oxygen atoms in total. The standard InChI is InChI=1S/C43H68O14/c1-38(2)26-9-12-43(7)34(23(46)17-21-22-18-40(4,37(52)53-8)14-13-39(22,3)15-16-42(21,43)6)41(26,5)11-10-27(38)56-35-32(51)30(49)33(25(20-45)55-35)57-36-31(50)29(48)28(47)24(19-44)54-36/h17,22,24-36,44-45,47-51H,9-16,18-20H2,1-8H3/t22-,24+,25+,26-,27-,28-,29-,30+,31+,32+,33+,34+,35-,36-,39+,40-,41-,42+,43+/m0/s1. The quantitative estimate of drug-likeness (QED) is 0.145. The molecule has 2 saturated heterocycles. The second-order valence-corrected chi connectivity index (χ2v) is 20.7. The molecule has 0 radical (unpaired) electrons. The third kappa shape index (κ3) is 6.44. The molecule has 4 saturated carbocycles. The van der Waals surface area contributed by atoms with Crippen LogP contribution in [0.1, 0.15) is 106 Å². The zero-order valence-corrected chi connectivity index (χ0v) is 34.9. The van der Waals surface area contributed by atoms with Gasteiger partial charge in [-0.25, -0.2) is 0 Å². The molecule has 57 heavy (non-hydrogen) atoms. The van der Waals surface area contributed by atoms with Gasteiger partial charge in [0.1, 0.15) is 48.8 Å². The molecule has 2 aliphatic heterocycles. The maximum Gasteiger partial charge on any atom is 0.311 e. The van der Waals surface area contributed by atoms with Crippen LogP contribution in [0.5, 0.6) is 0 Å². The molecule has 14 heteroatoms. The smallest absolute Gasteiger partial charge is 0.311 e. The van der Waals surface area contributed by atoms with Crippen molar-refractivity contribution < 1.29 is 69.0 Å². The van der Waals surface area contributed by atoms with Crippen LogP contribution in [0.2, 0.25) is 0 Å². The number of aliphatic hydroxyl groups is 7. The molecule has 19 atom stereocenters. The Morgan fingerprint density at radius 1 is 0.754 bits per heavy atom. The van der Waals surface area contributed by atoms with Crippen molar-refractivity contribution in [2.75, 3.05) is 20.3 Å². The Morgan fingerprint density at radius 3 is 2.02 bits per heavy atom. The number of rotatable bonds is 7. The number of hydrogen-bond donors (Lipinski definition) is 7. The van der Waals surface area contributed by atoms with E-state index in [0.717, 1.165) is 38.5 Å². The van der Waals surface area contributed by atoms with Crippen LogP contribution in [0.25, 0.3) is 0 Å². The summed E-state index contributed by atoms with van der Waals surface area (Å²) in [6.07, 6.45) is -6.39. The highest BCUT2D eigenvalue weighted by molar-refractivity contribution is 5.95. The highest BCUT2D eigenvalue weighted by Crippen LogP contribution is 2.75. The number of allylic oxidation sites excluding steroid dienone is 2. The summed E-state index contributed by atoms with van der Waals surface area (Å²) in [5.74, 6) is -0.0460. The van der Waals surface area contributed by atoms with Crippen LogP contribution >= 0.6 is 0 Å². The van der Waals surface area contributed by atoms with E-state index in [4.69, 9.17) is 23.7 Å². The zero-order chi connectivity index (χ0) is 41.8. The van der Waals surface area contributed by atoms with E-state index in [9.17, 15) is 45.3 Å². The number of carbonyl (C=O) groups excluding carboxylic acids is 2. The summed E-state index contributed by atoms with van der Waals surface area (Å²) >= 11 is 0. The fourth-order valence-corrected chi connectivity index (χ4v) is 13.7. The van der Waals surface area contributed by atoms with Gasteiger partial charge in [0, 0.05) is 5.92 Å². The number of methoxy groups -OCH3 is 1. The molecule has 7 aliphatic rings. The molecule has 5 aliphatic carbocycles. The summed E-state index contributed by atoms with van der Waals surface area (Å²) < 4.78 is 29.1. The van der Waals surface area contributed by atoms with Gasteiger partial charge in [0.05, 0.1) is 31.8 Å². The molecule has 0 aromatic rings. The first-order valence-corrected chi connectivity index (χ1v) is 21.1.